The normalized spacial score (nSPS) is 10.9. The van der Waals surface area contributed by atoms with Crippen LogP contribution in [0.15, 0.2) is 18.2 Å². The summed E-state index contributed by atoms with van der Waals surface area (Å²) in [5.74, 6) is 3.79. The Balaban J connectivity index is 2.89. The third-order valence-corrected chi connectivity index (χ3v) is 2.53. The fraction of sp³-hybridized carbons (Fsp3) is 0.333. The number of nitrogen functional groups attached to an aromatic ring is 1. The standard InChI is InChI=1S/C12H15F3N4O2/c1-2-17-10(20)6-18-11(21)7-3-4-9(19-16)8(5-7)12(13,14)15/h3-5,19H,2,6,16H2,1H3,(H,17,20)(H,18,21). The molecule has 1 rings (SSSR count). The van der Waals surface area contributed by atoms with Crippen molar-refractivity contribution in [1.82, 2.24) is 10.6 Å². The third-order valence-electron chi connectivity index (χ3n) is 2.53. The van der Waals surface area contributed by atoms with Crippen molar-refractivity contribution in [2.45, 2.75) is 13.1 Å². The molecule has 0 heterocycles. The van der Waals surface area contributed by atoms with E-state index in [2.05, 4.69) is 10.6 Å². The highest BCUT2D eigenvalue weighted by molar-refractivity contribution is 5.97. The Hall–Kier alpha value is -2.29. The summed E-state index contributed by atoms with van der Waals surface area (Å²) < 4.78 is 38.4. The first-order valence-electron chi connectivity index (χ1n) is 6.02. The van der Waals surface area contributed by atoms with Crippen LogP contribution in [0.2, 0.25) is 0 Å². The Bertz CT molecular complexity index is 532. The number of carbonyl (C=O) groups excluding carboxylic acids is 2. The number of nitrogens with two attached hydrogens (primary N) is 1. The van der Waals surface area contributed by atoms with Gasteiger partial charge in [0.1, 0.15) is 0 Å². The molecule has 0 aliphatic rings. The number of rotatable bonds is 5. The molecule has 0 radical (unpaired) electrons. The zero-order chi connectivity index (χ0) is 16.0. The van der Waals surface area contributed by atoms with Crippen LogP contribution in [0.3, 0.4) is 0 Å². The van der Waals surface area contributed by atoms with Crippen LogP contribution in [0.1, 0.15) is 22.8 Å². The fourth-order valence-electron chi connectivity index (χ4n) is 1.57. The van der Waals surface area contributed by atoms with Crippen LogP contribution < -0.4 is 21.9 Å². The molecule has 0 bridgehead atoms. The fourth-order valence-corrected chi connectivity index (χ4v) is 1.57. The van der Waals surface area contributed by atoms with E-state index in [1.807, 2.05) is 5.43 Å². The van der Waals surface area contributed by atoms with E-state index < -0.39 is 23.6 Å². The second-order valence-electron chi connectivity index (χ2n) is 4.04. The highest BCUT2D eigenvalue weighted by Crippen LogP contribution is 2.35. The first-order chi connectivity index (χ1) is 9.79. The maximum atomic E-state index is 12.8. The molecule has 1 aromatic rings. The van der Waals surface area contributed by atoms with Gasteiger partial charge in [-0.1, -0.05) is 0 Å². The van der Waals surface area contributed by atoms with Crippen molar-refractivity contribution < 1.29 is 22.8 Å². The van der Waals surface area contributed by atoms with Crippen LogP contribution in [-0.4, -0.2) is 24.9 Å². The summed E-state index contributed by atoms with van der Waals surface area (Å²) >= 11 is 0. The van der Waals surface area contributed by atoms with Crippen LogP contribution in [0.4, 0.5) is 18.9 Å². The molecule has 0 aromatic heterocycles. The van der Waals surface area contributed by atoms with Crippen LogP contribution >= 0.6 is 0 Å². The van der Waals surface area contributed by atoms with Crippen molar-refractivity contribution in [1.29, 1.82) is 0 Å². The predicted molar refractivity (Wildman–Crippen MR) is 70.3 cm³/mol. The Labute approximate surface area is 118 Å². The molecule has 0 saturated carbocycles. The second-order valence-corrected chi connectivity index (χ2v) is 4.04. The van der Waals surface area contributed by atoms with Crippen molar-refractivity contribution in [3.8, 4) is 0 Å². The van der Waals surface area contributed by atoms with Crippen molar-refractivity contribution in [3.63, 3.8) is 0 Å². The number of benzene rings is 1. The number of anilines is 1. The van der Waals surface area contributed by atoms with E-state index in [1.165, 1.54) is 6.07 Å². The molecule has 116 valence electrons. The third kappa shape index (κ3) is 4.63. The van der Waals surface area contributed by atoms with Crippen molar-refractivity contribution in [2.24, 2.45) is 5.84 Å². The van der Waals surface area contributed by atoms with Gasteiger partial charge in [-0.15, -0.1) is 0 Å². The number of amides is 2. The van der Waals surface area contributed by atoms with E-state index in [-0.39, 0.29) is 17.8 Å². The number of hydrogen-bond acceptors (Lipinski definition) is 4. The van der Waals surface area contributed by atoms with E-state index in [0.717, 1.165) is 6.07 Å². The maximum Gasteiger partial charge on any atom is 0.418 e. The number of alkyl halides is 3. The average Bonchev–Trinajstić information content (AvgIpc) is 2.43. The second kappa shape index (κ2) is 6.93. The quantitative estimate of drug-likeness (QED) is 0.479. The van der Waals surface area contributed by atoms with Crippen LogP contribution in [-0.2, 0) is 11.0 Å². The Morgan fingerprint density at radius 3 is 2.43 bits per heavy atom. The van der Waals surface area contributed by atoms with Gasteiger partial charge in [0.25, 0.3) is 5.91 Å². The molecular weight excluding hydrogens is 289 g/mol. The largest absolute Gasteiger partial charge is 0.418 e. The number of hydrogen-bond donors (Lipinski definition) is 4. The molecule has 2 amide bonds. The minimum Gasteiger partial charge on any atom is -0.355 e. The van der Waals surface area contributed by atoms with Gasteiger partial charge in [-0.2, -0.15) is 13.2 Å². The highest BCUT2D eigenvalue weighted by atomic mass is 19.4. The number of nitrogens with one attached hydrogen (secondary N) is 3. The average molecular weight is 304 g/mol. The lowest BCUT2D eigenvalue weighted by Gasteiger charge is -2.14. The molecule has 21 heavy (non-hydrogen) atoms. The number of hydrazine groups is 1. The Kier molecular flexibility index (Phi) is 5.53. The number of carbonyl (C=O) groups is 2. The van der Waals surface area contributed by atoms with Gasteiger partial charge in [-0.25, -0.2) is 0 Å². The van der Waals surface area contributed by atoms with Crippen molar-refractivity contribution in [3.05, 3.63) is 29.3 Å². The predicted octanol–water partition coefficient (Wildman–Crippen LogP) is 0.857. The SMILES string of the molecule is CCNC(=O)CNC(=O)c1ccc(NN)c(C(F)(F)F)c1. The highest BCUT2D eigenvalue weighted by Gasteiger charge is 2.34. The van der Waals surface area contributed by atoms with Gasteiger partial charge in [-0.05, 0) is 25.1 Å². The number of likely N-dealkylation sites (N-methyl/N-ethyl adjacent to an activating group) is 1. The van der Waals surface area contributed by atoms with Crippen LogP contribution in [0, 0.1) is 0 Å². The Morgan fingerprint density at radius 1 is 1.24 bits per heavy atom. The van der Waals surface area contributed by atoms with Gasteiger partial charge in [-0.3, -0.25) is 15.4 Å². The zero-order valence-electron chi connectivity index (χ0n) is 11.2. The first kappa shape index (κ1) is 16.8. The van der Waals surface area contributed by atoms with Gasteiger partial charge in [0.05, 0.1) is 17.8 Å². The minimum atomic E-state index is -4.66. The summed E-state index contributed by atoms with van der Waals surface area (Å²) in [7, 11) is 0. The molecule has 6 nitrogen and oxygen atoms in total. The molecule has 0 aliphatic heterocycles. The van der Waals surface area contributed by atoms with E-state index in [9.17, 15) is 22.8 Å². The van der Waals surface area contributed by atoms with Crippen LogP contribution in [0.25, 0.3) is 0 Å². The molecule has 5 N–H and O–H groups in total. The summed E-state index contributed by atoms with van der Waals surface area (Å²) in [4.78, 5) is 22.9. The lowest BCUT2D eigenvalue weighted by Crippen LogP contribution is -2.36. The monoisotopic (exact) mass is 304 g/mol. The molecule has 9 heteroatoms. The van der Waals surface area contributed by atoms with Gasteiger partial charge < -0.3 is 16.1 Å². The van der Waals surface area contributed by atoms with E-state index in [1.54, 1.807) is 6.92 Å². The molecule has 0 unspecified atom stereocenters. The summed E-state index contributed by atoms with van der Waals surface area (Å²) in [5.41, 5.74) is 0.298. The summed E-state index contributed by atoms with van der Waals surface area (Å²) in [6.07, 6.45) is -4.66. The minimum absolute atomic E-state index is 0.217. The maximum absolute atomic E-state index is 12.8. The van der Waals surface area contributed by atoms with Gasteiger partial charge >= 0.3 is 6.18 Å². The summed E-state index contributed by atoms with van der Waals surface area (Å²) in [6, 6.07) is 2.89. The Morgan fingerprint density at radius 2 is 1.90 bits per heavy atom. The van der Waals surface area contributed by atoms with Crippen LogP contribution in [0.5, 0.6) is 0 Å². The molecule has 0 spiro atoms. The topological polar surface area (TPSA) is 96.2 Å². The van der Waals surface area contributed by atoms with E-state index >= 15 is 0 Å². The zero-order valence-corrected chi connectivity index (χ0v) is 11.2. The lowest BCUT2D eigenvalue weighted by atomic mass is 10.1. The molecule has 0 aliphatic carbocycles. The smallest absolute Gasteiger partial charge is 0.355 e. The van der Waals surface area contributed by atoms with Crippen molar-refractivity contribution >= 4 is 17.5 Å². The van der Waals surface area contributed by atoms with E-state index in [0.29, 0.717) is 12.6 Å². The molecule has 0 atom stereocenters. The van der Waals surface area contributed by atoms with E-state index in [4.69, 9.17) is 5.84 Å². The van der Waals surface area contributed by atoms with Gasteiger partial charge in [0.15, 0.2) is 0 Å². The molecular formula is C12H15F3N4O2. The lowest BCUT2D eigenvalue weighted by molar-refractivity contribution is -0.137. The molecule has 0 saturated heterocycles. The summed E-state index contributed by atoms with van der Waals surface area (Å²) in [5, 5.41) is 4.68. The first-order valence-corrected chi connectivity index (χ1v) is 6.02. The number of halogens is 3. The molecule has 0 fully saturated rings. The van der Waals surface area contributed by atoms with Gasteiger partial charge in [0, 0.05) is 12.1 Å². The molecule has 1 aromatic carbocycles. The van der Waals surface area contributed by atoms with Crippen molar-refractivity contribution in [2.75, 3.05) is 18.5 Å². The van der Waals surface area contributed by atoms with Gasteiger partial charge in [0.2, 0.25) is 5.91 Å². The summed E-state index contributed by atoms with van der Waals surface area (Å²) in [6.45, 7) is 1.78.